The van der Waals surface area contributed by atoms with Crippen LogP contribution in [0.25, 0.3) is 0 Å². The molecule has 0 aromatic heterocycles. The van der Waals surface area contributed by atoms with Crippen molar-refractivity contribution in [1.82, 2.24) is 5.32 Å². The quantitative estimate of drug-likeness (QED) is 0.625. The van der Waals surface area contributed by atoms with Crippen LogP contribution in [0.4, 0.5) is 5.69 Å². The second-order valence-corrected chi connectivity index (χ2v) is 5.61. The summed E-state index contributed by atoms with van der Waals surface area (Å²) in [4.78, 5) is 23.8. The molecule has 1 amide bonds. The van der Waals surface area contributed by atoms with Gasteiger partial charge >= 0.3 is 5.97 Å². The highest BCUT2D eigenvalue weighted by Crippen LogP contribution is 2.23. The molecule has 1 rings (SSSR count). The van der Waals surface area contributed by atoms with Crippen LogP contribution in [0.5, 0.6) is 0 Å². The Morgan fingerprint density at radius 2 is 2.00 bits per heavy atom. The van der Waals surface area contributed by atoms with Crippen LogP contribution in [0, 0.1) is 5.92 Å². The van der Waals surface area contributed by atoms with Gasteiger partial charge in [-0.2, -0.15) is 0 Å². The molecular weight excluding hydrogens is 292 g/mol. The summed E-state index contributed by atoms with van der Waals surface area (Å²) in [5, 5.41) is 2.86. The van der Waals surface area contributed by atoms with Gasteiger partial charge in [0.05, 0.1) is 16.3 Å². The topological polar surface area (TPSA) is 81.4 Å². The minimum atomic E-state index is -0.887. The first-order valence-electron chi connectivity index (χ1n) is 6.85. The van der Waals surface area contributed by atoms with E-state index >= 15 is 0 Å². The van der Waals surface area contributed by atoms with Crippen molar-refractivity contribution in [3.63, 3.8) is 0 Å². The summed E-state index contributed by atoms with van der Waals surface area (Å²) in [7, 11) is 0. The van der Waals surface area contributed by atoms with Gasteiger partial charge in [0.1, 0.15) is 0 Å². The van der Waals surface area contributed by atoms with Gasteiger partial charge in [-0.15, -0.1) is 0 Å². The number of hydrogen-bond acceptors (Lipinski definition) is 4. The minimum absolute atomic E-state index is 0.134. The highest BCUT2D eigenvalue weighted by atomic mass is 35.5. The number of hydrogen-bond donors (Lipinski definition) is 2. The lowest BCUT2D eigenvalue weighted by atomic mass is 10.1. The molecular formula is C15H21ClN2O3. The first-order chi connectivity index (χ1) is 9.82. The normalized spacial score (nSPS) is 12.0. The van der Waals surface area contributed by atoms with E-state index in [0.29, 0.717) is 18.2 Å². The van der Waals surface area contributed by atoms with E-state index in [0.717, 1.165) is 6.42 Å². The Morgan fingerprint density at radius 3 is 2.62 bits per heavy atom. The number of nitrogens with two attached hydrogens (primary N) is 1. The van der Waals surface area contributed by atoms with E-state index in [2.05, 4.69) is 19.2 Å². The van der Waals surface area contributed by atoms with E-state index in [-0.39, 0.29) is 16.5 Å². The number of ether oxygens (including phenoxy) is 1. The zero-order valence-corrected chi connectivity index (χ0v) is 13.2. The van der Waals surface area contributed by atoms with Gasteiger partial charge in [0.25, 0.3) is 5.91 Å². The molecule has 116 valence electrons. The fourth-order valence-electron chi connectivity index (χ4n) is 1.61. The van der Waals surface area contributed by atoms with E-state index in [9.17, 15) is 9.59 Å². The molecule has 6 heteroatoms. The Labute approximate surface area is 129 Å². The minimum Gasteiger partial charge on any atom is -0.449 e. The number of anilines is 1. The van der Waals surface area contributed by atoms with E-state index in [1.807, 2.05) is 0 Å². The largest absolute Gasteiger partial charge is 0.449 e. The van der Waals surface area contributed by atoms with Gasteiger partial charge in [-0.1, -0.05) is 31.5 Å². The Kier molecular flexibility index (Phi) is 6.49. The van der Waals surface area contributed by atoms with E-state index < -0.39 is 12.1 Å². The van der Waals surface area contributed by atoms with Gasteiger partial charge in [0.2, 0.25) is 0 Å². The van der Waals surface area contributed by atoms with Gasteiger partial charge in [0, 0.05) is 6.54 Å². The van der Waals surface area contributed by atoms with Crippen molar-refractivity contribution in [1.29, 1.82) is 0 Å². The zero-order chi connectivity index (χ0) is 16.0. The standard InChI is InChI=1S/C15H21ClN2O3/c1-9(2)7-8-18-14(19)10(3)21-15(20)11-5-4-6-12(17)13(11)16/h4-6,9-10H,7-8,17H2,1-3H3,(H,18,19). The molecule has 0 aliphatic rings. The molecule has 0 saturated heterocycles. The van der Waals surface area contributed by atoms with Crippen LogP contribution in [0.2, 0.25) is 5.02 Å². The van der Waals surface area contributed by atoms with Gasteiger partial charge in [-0.05, 0) is 31.4 Å². The molecule has 0 aliphatic heterocycles. The summed E-state index contributed by atoms with van der Waals surface area (Å²) in [5.41, 5.74) is 6.07. The van der Waals surface area contributed by atoms with Crippen molar-refractivity contribution in [2.45, 2.75) is 33.3 Å². The van der Waals surface area contributed by atoms with Crippen LogP contribution < -0.4 is 11.1 Å². The predicted octanol–water partition coefficient (Wildman–Crippen LogP) is 2.63. The molecule has 0 heterocycles. The maximum Gasteiger partial charge on any atom is 0.340 e. The van der Waals surface area contributed by atoms with E-state index in [1.165, 1.54) is 13.0 Å². The Morgan fingerprint density at radius 1 is 1.33 bits per heavy atom. The summed E-state index contributed by atoms with van der Waals surface area (Å²) in [5.74, 6) is -0.503. The number of benzene rings is 1. The zero-order valence-electron chi connectivity index (χ0n) is 12.5. The number of carbonyl (C=O) groups is 2. The van der Waals surface area contributed by atoms with Crippen LogP contribution in [-0.2, 0) is 9.53 Å². The maximum absolute atomic E-state index is 12.0. The van der Waals surface area contributed by atoms with Crippen molar-refractivity contribution >= 4 is 29.2 Å². The van der Waals surface area contributed by atoms with E-state index in [1.54, 1.807) is 12.1 Å². The SMILES string of the molecule is CC(C)CCNC(=O)C(C)OC(=O)c1cccc(N)c1Cl. The summed E-state index contributed by atoms with van der Waals surface area (Å²) < 4.78 is 5.10. The third-order valence-corrected chi connectivity index (χ3v) is 3.34. The van der Waals surface area contributed by atoms with Crippen LogP contribution >= 0.6 is 11.6 Å². The van der Waals surface area contributed by atoms with Crippen LogP contribution in [0.3, 0.4) is 0 Å². The average Bonchev–Trinajstić information content (AvgIpc) is 2.41. The van der Waals surface area contributed by atoms with Crippen LogP contribution in [0.1, 0.15) is 37.6 Å². The molecule has 1 aromatic rings. The first kappa shape index (κ1) is 17.3. The fourth-order valence-corrected chi connectivity index (χ4v) is 1.82. The molecule has 0 fully saturated rings. The lowest BCUT2D eigenvalue weighted by Crippen LogP contribution is -2.36. The molecule has 1 aromatic carbocycles. The molecule has 21 heavy (non-hydrogen) atoms. The molecule has 3 N–H and O–H groups in total. The monoisotopic (exact) mass is 312 g/mol. The van der Waals surface area contributed by atoms with Crippen molar-refractivity contribution in [2.75, 3.05) is 12.3 Å². The fraction of sp³-hybridized carbons (Fsp3) is 0.467. The molecule has 0 aliphatic carbocycles. The van der Waals surface area contributed by atoms with Crippen LogP contribution in [-0.4, -0.2) is 24.5 Å². The Hall–Kier alpha value is -1.75. The lowest BCUT2D eigenvalue weighted by Gasteiger charge is -2.15. The maximum atomic E-state index is 12.0. The number of carbonyl (C=O) groups excluding carboxylic acids is 2. The van der Waals surface area contributed by atoms with Gasteiger partial charge < -0.3 is 15.8 Å². The molecule has 1 unspecified atom stereocenters. The highest BCUT2D eigenvalue weighted by Gasteiger charge is 2.20. The number of amides is 1. The van der Waals surface area contributed by atoms with Crippen molar-refractivity contribution in [2.24, 2.45) is 5.92 Å². The second-order valence-electron chi connectivity index (χ2n) is 5.23. The third kappa shape index (κ3) is 5.27. The smallest absolute Gasteiger partial charge is 0.340 e. The van der Waals surface area contributed by atoms with E-state index in [4.69, 9.17) is 22.1 Å². The first-order valence-corrected chi connectivity index (χ1v) is 7.23. The van der Waals surface area contributed by atoms with Gasteiger partial charge in [-0.25, -0.2) is 4.79 Å². The number of halogens is 1. The lowest BCUT2D eigenvalue weighted by molar-refractivity contribution is -0.129. The molecule has 0 radical (unpaired) electrons. The molecule has 1 atom stereocenters. The summed E-state index contributed by atoms with van der Waals surface area (Å²) in [6.07, 6.45) is -0.0184. The number of nitrogens with one attached hydrogen (secondary N) is 1. The third-order valence-electron chi connectivity index (χ3n) is 2.92. The van der Waals surface area contributed by atoms with Gasteiger partial charge in [-0.3, -0.25) is 4.79 Å². The van der Waals surface area contributed by atoms with Gasteiger partial charge in [0.15, 0.2) is 6.10 Å². The summed E-state index contributed by atoms with van der Waals surface area (Å²) in [6.45, 7) is 6.20. The van der Waals surface area contributed by atoms with Crippen molar-refractivity contribution in [3.8, 4) is 0 Å². The van der Waals surface area contributed by atoms with Crippen molar-refractivity contribution < 1.29 is 14.3 Å². The number of esters is 1. The van der Waals surface area contributed by atoms with Crippen LogP contribution in [0.15, 0.2) is 18.2 Å². The molecule has 0 bridgehead atoms. The molecule has 0 saturated carbocycles. The number of rotatable bonds is 6. The second kappa shape index (κ2) is 7.88. The number of nitrogen functional groups attached to an aromatic ring is 1. The summed E-state index contributed by atoms with van der Waals surface area (Å²) in [6, 6.07) is 4.69. The molecule has 0 spiro atoms. The highest BCUT2D eigenvalue weighted by molar-refractivity contribution is 6.36. The predicted molar refractivity (Wildman–Crippen MR) is 83.2 cm³/mol. The molecule has 5 nitrogen and oxygen atoms in total. The van der Waals surface area contributed by atoms with Crippen molar-refractivity contribution in [3.05, 3.63) is 28.8 Å². The average molecular weight is 313 g/mol. The Bertz CT molecular complexity index is 518. The summed E-state index contributed by atoms with van der Waals surface area (Å²) >= 11 is 5.94. The Balaban J connectivity index is 2.57.